The smallest absolute Gasteiger partial charge is 0.278 e. The molecule has 31 heavy (non-hydrogen) atoms. The van der Waals surface area contributed by atoms with E-state index in [0.29, 0.717) is 29.7 Å². The van der Waals surface area contributed by atoms with Crippen molar-refractivity contribution in [3.63, 3.8) is 0 Å². The quantitative estimate of drug-likeness (QED) is 0.617. The Kier molecular flexibility index (Phi) is 6.50. The maximum absolute atomic E-state index is 13.2. The number of ether oxygens (including phenoxy) is 3. The molecule has 0 aliphatic heterocycles. The summed E-state index contributed by atoms with van der Waals surface area (Å²) in [5.74, 6) is 1.32. The lowest BCUT2D eigenvalue weighted by Crippen LogP contribution is -2.40. The average Bonchev–Trinajstić information content (AvgIpc) is 2.80. The summed E-state index contributed by atoms with van der Waals surface area (Å²) < 4.78 is 17.0. The Bertz CT molecular complexity index is 1050. The van der Waals surface area contributed by atoms with Crippen LogP contribution in [0.3, 0.4) is 0 Å². The van der Waals surface area contributed by atoms with Crippen LogP contribution in [0, 0.1) is 0 Å². The molecule has 0 bridgehead atoms. The summed E-state index contributed by atoms with van der Waals surface area (Å²) >= 11 is 0. The molecule has 4 rings (SSSR count). The van der Waals surface area contributed by atoms with Gasteiger partial charge in [0, 0.05) is 18.4 Å². The fourth-order valence-corrected chi connectivity index (χ4v) is 4.04. The van der Waals surface area contributed by atoms with E-state index < -0.39 is 0 Å². The largest absolute Gasteiger partial charge is 0.493 e. The summed E-state index contributed by atoms with van der Waals surface area (Å²) in [6.45, 7) is 2.43. The minimum absolute atomic E-state index is 0.0234. The third-order valence-electron chi connectivity index (χ3n) is 5.53. The van der Waals surface area contributed by atoms with Crippen LogP contribution in [-0.2, 0) is 0 Å². The number of amides is 1. The van der Waals surface area contributed by atoms with E-state index in [9.17, 15) is 4.79 Å². The number of carbonyl (C=O) groups is 1. The second-order valence-corrected chi connectivity index (χ2v) is 7.53. The van der Waals surface area contributed by atoms with Gasteiger partial charge in [-0.15, -0.1) is 0 Å². The van der Waals surface area contributed by atoms with E-state index in [1.54, 1.807) is 19.5 Å². The Hall–Kier alpha value is -3.35. The van der Waals surface area contributed by atoms with Gasteiger partial charge in [0.05, 0.1) is 19.3 Å². The van der Waals surface area contributed by atoms with Crippen LogP contribution in [0.25, 0.3) is 10.8 Å². The van der Waals surface area contributed by atoms with Crippen LogP contribution >= 0.6 is 0 Å². The standard InChI is InChI=1S/C24H27N3O4/c1-3-30-20-13-8-16-6-4-5-7-19(16)21(20)22(28)27-17-9-11-18(12-10-17)31-24-23(29-2)25-14-15-26-24/h4-8,13-15,17-18H,3,9-12H2,1-2H3,(H,27,28). The molecule has 1 saturated carbocycles. The molecule has 2 aromatic carbocycles. The van der Waals surface area contributed by atoms with Gasteiger partial charge >= 0.3 is 0 Å². The third kappa shape index (κ3) is 4.71. The van der Waals surface area contributed by atoms with Crippen molar-refractivity contribution in [1.82, 2.24) is 15.3 Å². The Morgan fingerprint density at radius 2 is 1.77 bits per heavy atom. The van der Waals surface area contributed by atoms with Crippen LogP contribution in [0.4, 0.5) is 0 Å². The summed E-state index contributed by atoms with van der Waals surface area (Å²) in [5, 5.41) is 5.13. The van der Waals surface area contributed by atoms with Gasteiger partial charge in [-0.25, -0.2) is 9.97 Å². The highest BCUT2D eigenvalue weighted by molar-refractivity contribution is 6.09. The molecule has 0 saturated heterocycles. The van der Waals surface area contributed by atoms with Gasteiger partial charge in [0.15, 0.2) is 0 Å². The molecular formula is C24H27N3O4. The van der Waals surface area contributed by atoms with E-state index in [4.69, 9.17) is 14.2 Å². The fraction of sp³-hybridized carbons (Fsp3) is 0.375. The molecular weight excluding hydrogens is 394 g/mol. The lowest BCUT2D eigenvalue weighted by atomic mass is 9.92. The van der Waals surface area contributed by atoms with Crippen molar-refractivity contribution in [2.24, 2.45) is 0 Å². The number of carbonyl (C=O) groups excluding carboxylic acids is 1. The Balaban J connectivity index is 1.42. The van der Waals surface area contributed by atoms with Gasteiger partial charge in [0.2, 0.25) is 0 Å². The van der Waals surface area contributed by atoms with Crippen LogP contribution < -0.4 is 19.5 Å². The zero-order valence-electron chi connectivity index (χ0n) is 17.8. The number of aromatic nitrogens is 2. The molecule has 0 atom stereocenters. The van der Waals surface area contributed by atoms with Crippen LogP contribution in [-0.4, -0.2) is 41.7 Å². The zero-order chi connectivity index (χ0) is 21.6. The number of fused-ring (bicyclic) bond motifs is 1. The number of nitrogens with zero attached hydrogens (tertiary/aromatic N) is 2. The maximum Gasteiger partial charge on any atom is 0.278 e. The van der Waals surface area contributed by atoms with Gasteiger partial charge in [-0.2, -0.15) is 0 Å². The molecule has 1 N–H and O–H groups in total. The lowest BCUT2D eigenvalue weighted by Gasteiger charge is -2.29. The van der Waals surface area contributed by atoms with E-state index >= 15 is 0 Å². The Labute approximate surface area is 181 Å². The predicted molar refractivity (Wildman–Crippen MR) is 118 cm³/mol. The van der Waals surface area contributed by atoms with Crippen molar-refractivity contribution < 1.29 is 19.0 Å². The second-order valence-electron chi connectivity index (χ2n) is 7.53. The number of methoxy groups -OCH3 is 1. The molecule has 1 aliphatic rings. The number of rotatable bonds is 7. The summed E-state index contributed by atoms with van der Waals surface area (Å²) in [7, 11) is 1.55. The first kappa shape index (κ1) is 20.9. The van der Waals surface area contributed by atoms with Crippen LogP contribution in [0.5, 0.6) is 17.5 Å². The molecule has 1 aliphatic carbocycles. The van der Waals surface area contributed by atoms with Crippen LogP contribution in [0.1, 0.15) is 43.0 Å². The third-order valence-corrected chi connectivity index (χ3v) is 5.53. The van der Waals surface area contributed by atoms with E-state index in [1.807, 2.05) is 43.3 Å². The molecule has 1 fully saturated rings. The number of benzene rings is 2. The van der Waals surface area contributed by atoms with Crippen molar-refractivity contribution in [2.75, 3.05) is 13.7 Å². The van der Waals surface area contributed by atoms with Crippen LogP contribution in [0.2, 0.25) is 0 Å². The molecule has 7 heteroatoms. The summed E-state index contributed by atoms with van der Waals surface area (Å²) in [4.78, 5) is 21.6. The molecule has 3 aromatic rings. The zero-order valence-corrected chi connectivity index (χ0v) is 17.8. The van der Waals surface area contributed by atoms with Gasteiger partial charge in [0.25, 0.3) is 17.7 Å². The molecule has 1 heterocycles. The lowest BCUT2D eigenvalue weighted by molar-refractivity contribution is 0.0884. The highest BCUT2D eigenvalue weighted by Crippen LogP contribution is 2.30. The number of hydrogen-bond acceptors (Lipinski definition) is 6. The first-order valence-electron chi connectivity index (χ1n) is 10.7. The molecule has 1 aromatic heterocycles. The molecule has 1 amide bonds. The van der Waals surface area contributed by atoms with Crippen molar-refractivity contribution in [3.8, 4) is 17.5 Å². The molecule has 0 unspecified atom stereocenters. The highest BCUT2D eigenvalue weighted by atomic mass is 16.5. The summed E-state index contributed by atoms with van der Waals surface area (Å²) in [6, 6.07) is 11.8. The first-order valence-corrected chi connectivity index (χ1v) is 10.7. The van der Waals surface area contributed by atoms with Crippen LogP contribution in [0.15, 0.2) is 48.8 Å². The molecule has 0 spiro atoms. The van der Waals surface area contributed by atoms with Gasteiger partial charge in [-0.1, -0.05) is 30.3 Å². The molecule has 0 radical (unpaired) electrons. The van der Waals surface area contributed by atoms with E-state index in [2.05, 4.69) is 15.3 Å². The van der Waals surface area contributed by atoms with Crippen molar-refractivity contribution in [1.29, 1.82) is 0 Å². The Morgan fingerprint density at radius 1 is 1.03 bits per heavy atom. The van der Waals surface area contributed by atoms with Crippen molar-refractivity contribution >= 4 is 16.7 Å². The maximum atomic E-state index is 13.2. The minimum atomic E-state index is -0.0970. The predicted octanol–water partition coefficient (Wildman–Crippen LogP) is 4.16. The number of hydrogen-bond donors (Lipinski definition) is 1. The normalized spacial score (nSPS) is 18.4. The fourth-order valence-electron chi connectivity index (χ4n) is 4.04. The molecule has 7 nitrogen and oxygen atoms in total. The van der Waals surface area contributed by atoms with E-state index in [1.165, 1.54) is 0 Å². The highest BCUT2D eigenvalue weighted by Gasteiger charge is 2.26. The first-order chi connectivity index (χ1) is 15.2. The van der Waals surface area contributed by atoms with Gasteiger partial charge < -0.3 is 19.5 Å². The Morgan fingerprint density at radius 3 is 2.52 bits per heavy atom. The monoisotopic (exact) mass is 421 g/mol. The van der Waals surface area contributed by atoms with Gasteiger partial charge in [0.1, 0.15) is 11.9 Å². The minimum Gasteiger partial charge on any atom is -0.493 e. The van der Waals surface area contributed by atoms with Gasteiger partial charge in [-0.3, -0.25) is 4.79 Å². The number of nitrogens with one attached hydrogen (secondary N) is 1. The van der Waals surface area contributed by atoms with Gasteiger partial charge in [-0.05, 0) is 49.4 Å². The summed E-state index contributed by atoms with van der Waals surface area (Å²) in [5.41, 5.74) is 0.600. The van der Waals surface area contributed by atoms with Crippen molar-refractivity contribution in [2.45, 2.75) is 44.8 Å². The van der Waals surface area contributed by atoms with Crippen molar-refractivity contribution in [3.05, 3.63) is 54.4 Å². The summed E-state index contributed by atoms with van der Waals surface area (Å²) in [6.07, 6.45) is 6.47. The SMILES string of the molecule is CCOc1ccc2ccccc2c1C(=O)NC1CCC(Oc2nccnc2OC)CC1. The topological polar surface area (TPSA) is 82.6 Å². The van der Waals surface area contributed by atoms with E-state index in [-0.39, 0.29) is 18.1 Å². The average molecular weight is 421 g/mol. The van der Waals surface area contributed by atoms with E-state index in [0.717, 1.165) is 36.5 Å². The second kappa shape index (κ2) is 9.64. The molecule has 162 valence electrons.